The van der Waals surface area contributed by atoms with Crippen molar-refractivity contribution in [2.75, 3.05) is 13.3 Å². The van der Waals surface area contributed by atoms with Crippen LogP contribution in [0.25, 0.3) is 6.08 Å². The highest BCUT2D eigenvalue weighted by atomic mass is 32.2. The molecule has 1 aromatic heterocycles. The maximum Gasteiger partial charge on any atom is 0.266 e. The Balaban J connectivity index is 1.89. The first-order chi connectivity index (χ1) is 10.7. The average Bonchev–Trinajstić information content (AvgIpc) is 3.13. The summed E-state index contributed by atoms with van der Waals surface area (Å²) in [5.74, 6) is -0.00169. The summed E-state index contributed by atoms with van der Waals surface area (Å²) < 4.78 is 0. The molecule has 2 aromatic rings. The molecule has 3 rings (SSSR count). The molecule has 1 fully saturated rings. The molecule has 1 saturated heterocycles. The van der Waals surface area contributed by atoms with E-state index < -0.39 is 0 Å². The topological polar surface area (TPSA) is 32.7 Å². The second-order valence-corrected chi connectivity index (χ2v) is 7.45. The van der Waals surface area contributed by atoms with Crippen molar-refractivity contribution in [1.82, 2.24) is 4.90 Å². The minimum atomic E-state index is -0.00169. The molecule has 6 heteroatoms. The number of hydrogen-bond acceptors (Lipinski definition) is 5. The van der Waals surface area contributed by atoms with Gasteiger partial charge >= 0.3 is 0 Å². The van der Waals surface area contributed by atoms with Crippen LogP contribution in [0.3, 0.4) is 0 Å². The zero-order valence-electron chi connectivity index (χ0n) is 12.1. The molecule has 22 heavy (non-hydrogen) atoms. The fourth-order valence-electron chi connectivity index (χ4n) is 1.94. The number of rotatable bonds is 3. The van der Waals surface area contributed by atoms with Crippen molar-refractivity contribution in [3.05, 3.63) is 51.6 Å². The molecule has 2 heterocycles. The van der Waals surface area contributed by atoms with Crippen molar-refractivity contribution in [1.29, 1.82) is 0 Å². The number of thioether (sulfide) groups is 2. The van der Waals surface area contributed by atoms with Gasteiger partial charge in [0.1, 0.15) is 0 Å². The van der Waals surface area contributed by atoms with Gasteiger partial charge in [0, 0.05) is 16.8 Å². The van der Waals surface area contributed by atoms with E-state index in [0.717, 1.165) is 15.5 Å². The van der Waals surface area contributed by atoms with E-state index in [4.69, 9.17) is 0 Å². The Morgan fingerprint density at radius 2 is 2.14 bits per heavy atom. The second-order valence-electron chi connectivity index (χ2n) is 4.59. The van der Waals surface area contributed by atoms with Gasteiger partial charge in [-0.3, -0.25) is 9.69 Å². The molecular weight excluding hydrogens is 332 g/mol. The zero-order valence-corrected chi connectivity index (χ0v) is 14.6. The van der Waals surface area contributed by atoms with Gasteiger partial charge in [-0.05, 0) is 53.7 Å². The van der Waals surface area contributed by atoms with E-state index in [1.807, 2.05) is 54.1 Å². The Kier molecular flexibility index (Phi) is 4.71. The normalized spacial score (nSPS) is 18.6. The largest absolute Gasteiger partial charge is 0.290 e. The van der Waals surface area contributed by atoms with Crippen LogP contribution in [0.2, 0.25) is 0 Å². The highest BCUT2D eigenvalue weighted by Gasteiger charge is 2.30. The molecule has 0 aliphatic carbocycles. The summed E-state index contributed by atoms with van der Waals surface area (Å²) in [7, 11) is 1.77. The molecule has 0 bridgehead atoms. The summed E-state index contributed by atoms with van der Waals surface area (Å²) in [5.41, 5.74) is 0.867. The Morgan fingerprint density at radius 1 is 1.27 bits per heavy atom. The fourth-order valence-corrected chi connectivity index (χ4v) is 4.11. The summed E-state index contributed by atoms with van der Waals surface area (Å²) in [6.45, 7) is 0. The van der Waals surface area contributed by atoms with Crippen molar-refractivity contribution in [2.45, 2.75) is 4.90 Å². The summed E-state index contributed by atoms with van der Waals surface area (Å²) in [5, 5.41) is 2.72. The van der Waals surface area contributed by atoms with Crippen LogP contribution in [-0.2, 0) is 4.79 Å². The van der Waals surface area contributed by atoms with E-state index in [9.17, 15) is 4.79 Å². The number of aliphatic imine (C=N–C) groups is 1. The quantitative estimate of drug-likeness (QED) is 0.596. The molecule has 0 saturated carbocycles. The Morgan fingerprint density at radius 3 is 2.86 bits per heavy atom. The third-order valence-electron chi connectivity index (χ3n) is 3.10. The minimum Gasteiger partial charge on any atom is -0.290 e. The van der Waals surface area contributed by atoms with Crippen LogP contribution >= 0.6 is 34.9 Å². The van der Waals surface area contributed by atoms with Gasteiger partial charge in [-0.1, -0.05) is 12.1 Å². The lowest BCUT2D eigenvalue weighted by atomic mass is 10.3. The highest BCUT2D eigenvalue weighted by molar-refractivity contribution is 8.18. The first kappa shape index (κ1) is 15.4. The summed E-state index contributed by atoms with van der Waals surface area (Å²) in [6, 6.07) is 12.0. The lowest BCUT2D eigenvalue weighted by Gasteiger charge is -2.07. The SMILES string of the molecule is CSc1cccc(N=C2S/C(=C/c3cccs3)C(=O)N2C)c1. The molecule has 0 unspecified atom stereocenters. The average molecular weight is 347 g/mol. The molecule has 1 aliphatic heterocycles. The van der Waals surface area contributed by atoms with Crippen LogP contribution in [0.4, 0.5) is 5.69 Å². The molecule has 0 spiro atoms. The number of carbonyl (C=O) groups is 1. The Bertz CT molecular complexity index is 751. The number of amidine groups is 1. The van der Waals surface area contributed by atoms with E-state index >= 15 is 0 Å². The lowest BCUT2D eigenvalue weighted by molar-refractivity contribution is -0.121. The van der Waals surface area contributed by atoms with Crippen molar-refractivity contribution in [3.63, 3.8) is 0 Å². The van der Waals surface area contributed by atoms with Crippen LogP contribution < -0.4 is 0 Å². The molecule has 0 radical (unpaired) electrons. The molecule has 0 N–H and O–H groups in total. The van der Waals surface area contributed by atoms with Gasteiger partial charge in [0.25, 0.3) is 5.91 Å². The Labute approximate surface area is 142 Å². The third-order valence-corrected chi connectivity index (χ3v) is 5.70. The van der Waals surface area contributed by atoms with Gasteiger partial charge in [-0.25, -0.2) is 4.99 Å². The summed E-state index contributed by atoms with van der Waals surface area (Å²) in [4.78, 5) is 21.5. The lowest BCUT2D eigenvalue weighted by Crippen LogP contribution is -2.23. The number of likely N-dealkylation sites (N-methyl/N-ethyl adjacent to an activating group) is 1. The predicted octanol–water partition coefficient (Wildman–Crippen LogP) is 4.70. The first-order valence-electron chi connectivity index (χ1n) is 6.61. The number of amides is 1. The summed E-state index contributed by atoms with van der Waals surface area (Å²) in [6.07, 6.45) is 3.96. The fraction of sp³-hybridized carbons (Fsp3) is 0.125. The van der Waals surface area contributed by atoms with Gasteiger partial charge < -0.3 is 0 Å². The van der Waals surface area contributed by atoms with Gasteiger partial charge in [-0.15, -0.1) is 23.1 Å². The maximum atomic E-state index is 12.3. The minimum absolute atomic E-state index is 0.00169. The van der Waals surface area contributed by atoms with E-state index in [1.165, 1.54) is 11.8 Å². The molecule has 112 valence electrons. The molecule has 1 aromatic carbocycles. The standard InChI is InChI=1S/C16H14N2OS3/c1-18-15(19)14(10-13-7-4-8-21-13)22-16(18)17-11-5-3-6-12(9-11)20-2/h3-10H,1-2H3/b14-10+,17-16?. The molecule has 0 atom stereocenters. The number of thiophene rings is 1. The summed E-state index contributed by atoms with van der Waals surface area (Å²) >= 11 is 4.72. The third kappa shape index (κ3) is 3.29. The molecule has 1 amide bonds. The number of carbonyl (C=O) groups excluding carboxylic acids is 1. The van der Waals surface area contributed by atoms with Gasteiger partial charge in [0.05, 0.1) is 10.6 Å². The molecule has 1 aliphatic rings. The number of hydrogen-bond donors (Lipinski definition) is 0. The number of benzene rings is 1. The second kappa shape index (κ2) is 6.73. The number of nitrogens with zero attached hydrogens (tertiary/aromatic N) is 2. The van der Waals surface area contributed by atoms with Crippen molar-refractivity contribution < 1.29 is 4.79 Å². The van der Waals surface area contributed by atoms with Crippen LogP contribution in [0.15, 0.2) is 56.6 Å². The Hall–Kier alpha value is -1.50. The monoisotopic (exact) mass is 346 g/mol. The highest BCUT2D eigenvalue weighted by Crippen LogP contribution is 2.34. The van der Waals surface area contributed by atoms with Crippen LogP contribution in [0.1, 0.15) is 4.88 Å². The predicted molar refractivity (Wildman–Crippen MR) is 98.0 cm³/mol. The van der Waals surface area contributed by atoms with Gasteiger partial charge in [-0.2, -0.15) is 0 Å². The first-order valence-corrected chi connectivity index (χ1v) is 9.53. The van der Waals surface area contributed by atoms with E-state index in [2.05, 4.69) is 4.99 Å². The molecule has 3 nitrogen and oxygen atoms in total. The van der Waals surface area contributed by atoms with Crippen LogP contribution in [0, 0.1) is 0 Å². The van der Waals surface area contributed by atoms with E-state index in [-0.39, 0.29) is 5.91 Å². The van der Waals surface area contributed by atoms with E-state index in [1.54, 1.807) is 35.0 Å². The van der Waals surface area contributed by atoms with Gasteiger partial charge in [0.15, 0.2) is 5.17 Å². The van der Waals surface area contributed by atoms with Crippen LogP contribution in [0.5, 0.6) is 0 Å². The van der Waals surface area contributed by atoms with E-state index in [0.29, 0.717) is 10.1 Å². The zero-order chi connectivity index (χ0) is 15.5. The smallest absolute Gasteiger partial charge is 0.266 e. The van der Waals surface area contributed by atoms with Crippen LogP contribution in [-0.4, -0.2) is 29.3 Å². The van der Waals surface area contributed by atoms with Crippen molar-refractivity contribution in [3.8, 4) is 0 Å². The van der Waals surface area contributed by atoms with Crippen molar-refractivity contribution >= 4 is 57.7 Å². The van der Waals surface area contributed by atoms with Crippen molar-refractivity contribution in [2.24, 2.45) is 4.99 Å². The van der Waals surface area contributed by atoms with Gasteiger partial charge in [0.2, 0.25) is 0 Å². The maximum absolute atomic E-state index is 12.3. The molecular formula is C16H14N2OS3.